The molecule has 0 saturated carbocycles. The Morgan fingerprint density at radius 2 is 1.70 bits per heavy atom. The van der Waals surface area contributed by atoms with Crippen LogP contribution in [0.5, 0.6) is 0 Å². The first-order valence-corrected chi connectivity index (χ1v) is 10.1. The third kappa shape index (κ3) is 3.78. The van der Waals surface area contributed by atoms with Crippen molar-refractivity contribution in [2.45, 2.75) is 11.8 Å². The summed E-state index contributed by atoms with van der Waals surface area (Å²) in [4.78, 5) is 13.5. The summed E-state index contributed by atoms with van der Waals surface area (Å²) in [7, 11) is 0. The van der Waals surface area contributed by atoms with E-state index in [1.165, 1.54) is 4.90 Å². The number of nitrogens with one attached hydrogen (secondary N) is 2. The fourth-order valence-electron chi connectivity index (χ4n) is 3.11. The van der Waals surface area contributed by atoms with Crippen molar-refractivity contribution in [1.82, 2.24) is 10.2 Å². The van der Waals surface area contributed by atoms with Crippen molar-refractivity contribution in [3.8, 4) is 11.1 Å². The maximum absolute atomic E-state index is 13.9. The van der Waals surface area contributed by atoms with E-state index in [0.29, 0.717) is 23.0 Å². The van der Waals surface area contributed by atoms with Crippen LogP contribution in [0.4, 0.5) is 19.0 Å². The largest absolute Gasteiger partial charge is 0.304 e. The van der Waals surface area contributed by atoms with Crippen molar-refractivity contribution in [2.24, 2.45) is 0 Å². The fourth-order valence-corrected chi connectivity index (χ4v) is 3.77. The van der Waals surface area contributed by atoms with Gasteiger partial charge in [0.15, 0.2) is 17.5 Å². The lowest BCUT2D eigenvalue weighted by Gasteiger charge is -2.06. The summed E-state index contributed by atoms with van der Waals surface area (Å²) in [5.74, 6) is -4.03. The average Bonchev–Trinajstić information content (AvgIpc) is 3.14. The first-order valence-electron chi connectivity index (χ1n) is 9.14. The van der Waals surface area contributed by atoms with E-state index < -0.39 is 28.9 Å². The Morgan fingerprint density at radius 1 is 1.00 bits per heavy atom. The molecule has 0 saturated heterocycles. The number of aromatic amines is 1. The summed E-state index contributed by atoms with van der Waals surface area (Å²) >= 11 is 1.76. The summed E-state index contributed by atoms with van der Waals surface area (Å²) in [6.07, 6.45) is 0. The SMILES string of the molecule is CCSc1ccc(-c2ccc3c(NC(=O)c4c(F)ccc(F)c4F)n[nH]c3c2)cc1. The zero-order valence-electron chi connectivity index (χ0n) is 15.8. The molecule has 152 valence electrons. The zero-order valence-corrected chi connectivity index (χ0v) is 16.6. The van der Waals surface area contributed by atoms with Crippen molar-refractivity contribution in [2.75, 3.05) is 11.1 Å². The summed E-state index contributed by atoms with van der Waals surface area (Å²) in [5, 5.41) is 9.71. The predicted molar refractivity (Wildman–Crippen MR) is 112 cm³/mol. The van der Waals surface area contributed by atoms with E-state index >= 15 is 0 Å². The number of hydrogen-bond donors (Lipinski definition) is 2. The van der Waals surface area contributed by atoms with Crippen molar-refractivity contribution in [3.63, 3.8) is 0 Å². The number of benzene rings is 3. The highest BCUT2D eigenvalue weighted by atomic mass is 32.2. The number of carbonyl (C=O) groups is 1. The normalized spacial score (nSPS) is 11.1. The van der Waals surface area contributed by atoms with Crippen LogP contribution in [0.2, 0.25) is 0 Å². The van der Waals surface area contributed by atoms with E-state index in [-0.39, 0.29) is 5.82 Å². The highest BCUT2D eigenvalue weighted by molar-refractivity contribution is 7.99. The Balaban J connectivity index is 1.61. The number of halogens is 3. The van der Waals surface area contributed by atoms with Gasteiger partial charge in [-0.25, -0.2) is 13.2 Å². The maximum atomic E-state index is 13.9. The topological polar surface area (TPSA) is 57.8 Å². The highest BCUT2D eigenvalue weighted by Gasteiger charge is 2.22. The molecule has 0 spiro atoms. The van der Waals surface area contributed by atoms with Crippen LogP contribution >= 0.6 is 11.8 Å². The molecule has 8 heteroatoms. The van der Waals surface area contributed by atoms with Gasteiger partial charge < -0.3 is 5.32 Å². The minimum absolute atomic E-state index is 0.0966. The summed E-state index contributed by atoms with van der Waals surface area (Å²) in [6.45, 7) is 2.10. The number of aromatic nitrogens is 2. The summed E-state index contributed by atoms with van der Waals surface area (Å²) in [6, 6.07) is 14.9. The van der Waals surface area contributed by atoms with Crippen molar-refractivity contribution in [1.29, 1.82) is 0 Å². The number of fused-ring (bicyclic) bond motifs is 1. The maximum Gasteiger partial charge on any atom is 0.262 e. The number of hydrogen-bond acceptors (Lipinski definition) is 3. The number of nitrogens with zero attached hydrogens (tertiary/aromatic N) is 1. The van der Waals surface area contributed by atoms with Gasteiger partial charge in [-0.05, 0) is 53.3 Å². The lowest BCUT2D eigenvalue weighted by molar-refractivity contribution is 0.101. The number of rotatable bonds is 5. The molecule has 0 aliphatic carbocycles. The van der Waals surface area contributed by atoms with Crippen LogP contribution in [0.25, 0.3) is 22.0 Å². The molecule has 0 radical (unpaired) electrons. The second-order valence-electron chi connectivity index (χ2n) is 6.46. The molecule has 4 rings (SSSR count). The highest BCUT2D eigenvalue weighted by Crippen LogP contribution is 2.29. The van der Waals surface area contributed by atoms with Crippen LogP contribution < -0.4 is 5.32 Å². The Kier molecular flexibility index (Phi) is 5.50. The molecule has 0 aliphatic rings. The third-order valence-electron chi connectivity index (χ3n) is 4.56. The zero-order chi connectivity index (χ0) is 21.3. The molecule has 0 fully saturated rings. The van der Waals surface area contributed by atoms with E-state index in [0.717, 1.165) is 16.9 Å². The quantitative estimate of drug-likeness (QED) is 0.303. The van der Waals surface area contributed by atoms with E-state index in [1.54, 1.807) is 17.8 Å². The Labute approximate surface area is 174 Å². The molecule has 3 aromatic carbocycles. The number of H-pyrrole nitrogens is 1. The molecular weight excluding hydrogens is 411 g/mol. The molecule has 1 amide bonds. The summed E-state index contributed by atoms with van der Waals surface area (Å²) < 4.78 is 41.1. The molecular formula is C22H16F3N3OS. The van der Waals surface area contributed by atoms with Crippen LogP contribution in [-0.4, -0.2) is 21.9 Å². The number of amides is 1. The number of carbonyl (C=O) groups excluding carboxylic acids is 1. The van der Waals surface area contributed by atoms with Gasteiger partial charge in [-0.15, -0.1) is 11.8 Å². The van der Waals surface area contributed by atoms with Crippen LogP contribution in [-0.2, 0) is 0 Å². The molecule has 4 nitrogen and oxygen atoms in total. The number of anilines is 1. The molecule has 0 unspecified atom stereocenters. The number of thioether (sulfide) groups is 1. The van der Waals surface area contributed by atoms with Crippen molar-refractivity contribution in [3.05, 3.63) is 77.6 Å². The Bertz CT molecular complexity index is 1240. The standard InChI is InChI=1S/C22H16F3N3OS/c1-2-30-14-6-3-12(4-7-14)13-5-8-15-18(11-13)27-28-21(15)26-22(29)19-16(23)9-10-17(24)20(19)25/h3-11H,2H2,1H3,(H2,26,27,28,29). The second kappa shape index (κ2) is 8.23. The predicted octanol–water partition coefficient (Wildman–Crippen LogP) is 6.01. The molecule has 0 aliphatic heterocycles. The van der Waals surface area contributed by atoms with E-state index in [4.69, 9.17) is 0 Å². The lowest BCUT2D eigenvalue weighted by Crippen LogP contribution is -2.17. The van der Waals surface area contributed by atoms with Crippen LogP contribution in [0.1, 0.15) is 17.3 Å². The van der Waals surface area contributed by atoms with Gasteiger partial charge in [-0.1, -0.05) is 25.1 Å². The fraction of sp³-hybridized carbons (Fsp3) is 0.0909. The van der Waals surface area contributed by atoms with Gasteiger partial charge in [0.2, 0.25) is 0 Å². The first-order chi connectivity index (χ1) is 14.5. The third-order valence-corrected chi connectivity index (χ3v) is 5.46. The first kappa shape index (κ1) is 20.0. The van der Waals surface area contributed by atoms with E-state index in [2.05, 4.69) is 22.4 Å². The van der Waals surface area contributed by atoms with Crippen molar-refractivity contribution < 1.29 is 18.0 Å². The molecule has 1 aromatic heterocycles. The molecule has 0 atom stereocenters. The van der Waals surface area contributed by atoms with Crippen LogP contribution in [0, 0.1) is 17.5 Å². The van der Waals surface area contributed by atoms with Gasteiger partial charge >= 0.3 is 0 Å². The average molecular weight is 427 g/mol. The minimum atomic E-state index is -1.54. The molecule has 2 N–H and O–H groups in total. The molecule has 0 bridgehead atoms. The van der Waals surface area contributed by atoms with Gasteiger partial charge in [-0.3, -0.25) is 9.89 Å². The van der Waals surface area contributed by atoms with Gasteiger partial charge in [0.1, 0.15) is 11.4 Å². The van der Waals surface area contributed by atoms with Gasteiger partial charge in [0.05, 0.1) is 5.52 Å². The Hall–Kier alpha value is -3.26. The Morgan fingerprint density at radius 3 is 2.43 bits per heavy atom. The molecule has 4 aromatic rings. The van der Waals surface area contributed by atoms with Gasteiger partial charge in [0, 0.05) is 10.3 Å². The second-order valence-corrected chi connectivity index (χ2v) is 7.80. The van der Waals surface area contributed by atoms with Gasteiger partial charge in [-0.2, -0.15) is 5.10 Å². The molecule has 1 heterocycles. The van der Waals surface area contributed by atoms with Crippen LogP contribution in [0.15, 0.2) is 59.5 Å². The lowest BCUT2D eigenvalue weighted by atomic mass is 10.0. The van der Waals surface area contributed by atoms with E-state index in [9.17, 15) is 18.0 Å². The summed E-state index contributed by atoms with van der Waals surface area (Å²) in [5.41, 5.74) is 1.60. The van der Waals surface area contributed by atoms with Crippen molar-refractivity contribution >= 4 is 34.4 Å². The van der Waals surface area contributed by atoms with Crippen LogP contribution in [0.3, 0.4) is 0 Å². The van der Waals surface area contributed by atoms with E-state index in [1.807, 2.05) is 36.4 Å². The monoisotopic (exact) mass is 427 g/mol. The molecule has 30 heavy (non-hydrogen) atoms. The smallest absolute Gasteiger partial charge is 0.262 e. The minimum Gasteiger partial charge on any atom is -0.304 e. The van der Waals surface area contributed by atoms with Gasteiger partial charge in [0.25, 0.3) is 5.91 Å².